The third-order valence-corrected chi connectivity index (χ3v) is 2.83. The van der Waals surface area contributed by atoms with E-state index in [9.17, 15) is 4.79 Å². The molecular weight excluding hydrogens is 219 g/mol. The molecule has 0 amide bonds. The molecule has 3 nitrogen and oxygen atoms in total. The Morgan fingerprint density at radius 1 is 1.33 bits per heavy atom. The van der Waals surface area contributed by atoms with Gasteiger partial charge in [-0.3, -0.25) is 0 Å². The van der Waals surface area contributed by atoms with E-state index in [2.05, 4.69) is 7.96 Å². The Balaban J connectivity index is 2.68. The van der Waals surface area contributed by atoms with Crippen molar-refractivity contribution in [2.45, 2.75) is 6.92 Å². The quantitative estimate of drug-likeness (QED) is 0.534. The Kier molecular flexibility index (Phi) is 1.79. The average Bonchev–Trinajstić information content (AvgIpc) is 2.49. The van der Waals surface area contributed by atoms with Crippen LogP contribution in [0.2, 0.25) is 0 Å². The van der Waals surface area contributed by atoms with Crippen LogP contribution < -0.4 is 0 Å². The Bertz CT molecular complexity index is 435. The first-order valence-electron chi connectivity index (χ1n) is 3.50. The summed E-state index contributed by atoms with van der Waals surface area (Å²) in [6, 6.07) is 5.45. The van der Waals surface area contributed by atoms with Crippen LogP contribution in [-0.4, -0.2) is 28.7 Å². The average molecular weight is 225 g/mol. The van der Waals surface area contributed by atoms with Gasteiger partial charge in [-0.05, 0) is 0 Å². The molecule has 0 unspecified atom stereocenters. The zero-order chi connectivity index (χ0) is 8.55. The predicted molar refractivity (Wildman–Crippen MR) is 46.5 cm³/mol. The number of hydrogen-bond acceptors (Lipinski definition) is 3. The number of nitrogens with zero attached hydrogens (tertiary/aromatic N) is 2. The molecule has 0 aliphatic heterocycles. The maximum atomic E-state index is 11.0. The van der Waals surface area contributed by atoms with Crippen molar-refractivity contribution in [1.29, 1.82) is 0 Å². The fraction of sp³-hybridized carbons (Fsp3) is 0.125. The van der Waals surface area contributed by atoms with Gasteiger partial charge in [0.05, 0.1) is 0 Å². The SMILES string of the molecule is CC(=O)c1ccc2n[se]nc2c1. The second kappa shape index (κ2) is 2.81. The Morgan fingerprint density at radius 3 is 2.83 bits per heavy atom. The molecule has 0 saturated carbocycles. The van der Waals surface area contributed by atoms with Gasteiger partial charge in [0.15, 0.2) is 0 Å². The first-order valence-corrected chi connectivity index (χ1v) is 5.04. The standard InChI is InChI=1S/C8H6N2OSe/c1-5(11)6-2-3-7-8(4-6)10-12-9-7/h2-4H,1H3. The van der Waals surface area contributed by atoms with E-state index in [0.29, 0.717) is 5.56 Å². The van der Waals surface area contributed by atoms with E-state index in [1.54, 1.807) is 19.1 Å². The van der Waals surface area contributed by atoms with Crippen LogP contribution in [-0.2, 0) is 0 Å². The predicted octanol–water partition coefficient (Wildman–Crippen LogP) is 0.889. The number of benzene rings is 1. The van der Waals surface area contributed by atoms with Crippen LogP contribution in [0.15, 0.2) is 18.2 Å². The molecule has 0 fully saturated rings. The molecule has 0 aliphatic carbocycles. The number of ketones is 1. The van der Waals surface area contributed by atoms with Gasteiger partial charge in [0, 0.05) is 0 Å². The molecule has 60 valence electrons. The minimum absolute atomic E-state index is 0.00224. The van der Waals surface area contributed by atoms with Crippen LogP contribution in [0.3, 0.4) is 0 Å². The number of carbonyl (C=O) groups excluding carboxylic acids is 1. The number of fused-ring (bicyclic) bond motifs is 1. The van der Waals surface area contributed by atoms with Crippen molar-refractivity contribution in [3.63, 3.8) is 0 Å². The fourth-order valence-electron chi connectivity index (χ4n) is 1.00. The fourth-order valence-corrected chi connectivity index (χ4v) is 2.09. The topological polar surface area (TPSA) is 42.9 Å². The minimum atomic E-state index is -0.00224. The van der Waals surface area contributed by atoms with Gasteiger partial charge in [0.2, 0.25) is 0 Å². The maximum absolute atomic E-state index is 11.0. The van der Waals surface area contributed by atoms with E-state index >= 15 is 0 Å². The van der Waals surface area contributed by atoms with Gasteiger partial charge in [0.25, 0.3) is 0 Å². The van der Waals surface area contributed by atoms with E-state index in [1.165, 1.54) is 0 Å². The summed E-state index contributed by atoms with van der Waals surface area (Å²) in [6.07, 6.45) is 0. The summed E-state index contributed by atoms with van der Waals surface area (Å²) in [4.78, 5) is 11.0. The zero-order valence-electron chi connectivity index (χ0n) is 6.44. The van der Waals surface area contributed by atoms with Gasteiger partial charge >= 0.3 is 75.2 Å². The summed E-state index contributed by atoms with van der Waals surface area (Å²) in [7, 11) is 0. The Morgan fingerprint density at radius 2 is 2.08 bits per heavy atom. The molecule has 0 N–H and O–H groups in total. The van der Waals surface area contributed by atoms with Crippen molar-refractivity contribution < 1.29 is 4.79 Å². The molecule has 0 saturated heterocycles. The molecule has 2 aromatic rings. The molecular formula is C8H6N2OSe. The molecule has 4 heteroatoms. The molecule has 0 atom stereocenters. The molecule has 1 aromatic carbocycles. The molecule has 0 bridgehead atoms. The van der Waals surface area contributed by atoms with Gasteiger partial charge in [0.1, 0.15) is 0 Å². The Labute approximate surface area is 75.6 Å². The Hall–Kier alpha value is -0.991. The van der Waals surface area contributed by atoms with E-state index < -0.39 is 0 Å². The van der Waals surface area contributed by atoms with Crippen LogP contribution in [0, 0.1) is 0 Å². The van der Waals surface area contributed by atoms with E-state index in [4.69, 9.17) is 0 Å². The second-order valence-electron chi connectivity index (χ2n) is 2.52. The van der Waals surface area contributed by atoms with Gasteiger partial charge in [-0.15, -0.1) is 0 Å². The van der Waals surface area contributed by atoms with E-state index in [1.807, 2.05) is 6.07 Å². The van der Waals surface area contributed by atoms with Crippen molar-refractivity contribution in [3.8, 4) is 0 Å². The van der Waals surface area contributed by atoms with Crippen molar-refractivity contribution in [2.24, 2.45) is 0 Å². The van der Waals surface area contributed by atoms with Gasteiger partial charge in [-0.25, -0.2) is 0 Å². The molecule has 1 aromatic heterocycles. The second-order valence-corrected chi connectivity index (χ2v) is 3.63. The molecule has 2 rings (SSSR count). The van der Waals surface area contributed by atoms with Crippen LogP contribution in [0.25, 0.3) is 11.0 Å². The zero-order valence-corrected chi connectivity index (χ0v) is 8.16. The van der Waals surface area contributed by atoms with Gasteiger partial charge in [-0.2, -0.15) is 0 Å². The molecule has 1 heterocycles. The summed E-state index contributed by atoms with van der Waals surface area (Å²) in [5.74, 6) is 0.0763. The summed E-state index contributed by atoms with van der Waals surface area (Å²) >= 11 is -0.00224. The number of rotatable bonds is 1. The number of aromatic nitrogens is 2. The van der Waals surface area contributed by atoms with Crippen molar-refractivity contribution >= 4 is 31.8 Å². The van der Waals surface area contributed by atoms with Crippen LogP contribution >= 0.6 is 0 Å². The van der Waals surface area contributed by atoms with Crippen molar-refractivity contribution in [3.05, 3.63) is 23.8 Å². The molecule has 0 spiro atoms. The summed E-state index contributed by atoms with van der Waals surface area (Å²) < 4.78 is 8.37. The third kappa shape index (κ3) is 1.19. The third-order valence-electron chi connectivity index (χ3n) is 1.66. The first kappa shape index (κ1) is 7.65. The van der Waals surface area contributed by atoms with Gasteiger partial charge in [-0.1, -0.05) is 0 Å². The van der Waals surface area contributed by atoms with Crippen LogP contribution in [0.1, 0.15) is 17.3 Å². The summed E-state index contributed by atoms with van der Waals surface area (Å²) in [5.41, 5.74) is 2.49. The summed E-state index contributed by atoms with van der Waals surface area (Å²) in [5, 5.41) is 0. The number of carbonyl (C=O) groups is 1. The normalized spacial score (nSPS) is 10.4. The number of hydrogen-bond donors (Lipinski definition) is 0. The van der Waals surface area contributed by atoms with E-state index in [0.717, 1.165) is 11.0 Å². The molecule has 0 radical (unpaired) electrons. The number of Topliss-reactive ketones (excluding diaryl/α,β-unsaturated/α-hetero) is 1. The first-order chi connectivity index (χ1) is 5.77. The van der Waals surface area contributed by atoms with Crippen molar-refractivity contribution in [2.75, 3.05) is 0 Å². The van der Waals surface area contributed by atoms with Crippen LogP contribution in [0.5, 0.6) is 0 Å². The van der Waals surface area contributed by atoms with Crippen molar-refractivity contribution in [1.82, 2.24) is 7.96 Å². The molecule has 0 aliphatic rings. The monoisotopic (exact) mass is 226 g/mol. The van der Waals surface area contributed by atoms with Crippen LogP contribution in [0.4, 0.5) is 0 Å². The summed E-state index contributed by atoms with van der Waals surface area (Å²) in [6.45, 7) is 1.55. The van der Waals surface area contributed by atoms with Gasteiger partial charge < -0.3 is 0 Å². The van der Waals surface area contributed by atoms with E-state index in [-0.39, 0.29) is 20.7 Å². The molecule has 12 heavy (non-hydrogen) atoms.